The van der Waals surface area contributed by atoms with Crippen molar-refractivity contribution in [3.05, 3.63) is 30.1 Å². The van der Waals surface area contributed by atoms with Crippen molar-refractivity contribution in [1.82, 2.24) is 14.9 Å². The molecule has 0 unspecified atom stereocenters. The number of aromatic nitrogens is 2. The summed E-state index contributed by atoms with van der Waals surface area (Å²) >= 11 is 0. The Morgan fingerprint density at radius 2 is 2.20 bits per heavy atom. The van der Waals surface area contributed by atoms with Gasteiger partial charge in [-0.2, -0.15) is 0 Å². The summed E-state index contributed by atoms with van der Waals surface area (Å²) in [6.45, 7) is 2.06. The second kappa shape index (κ2) is 3.73. The van der Waals surface area contributed by atoms with E-state index in [1.807, 2.05) is 24.3 Å². The zero-order chi connectivity index (χ0) is 10.8. The summed E-state index contributed by atoms with van der Waals surface area (Å²) in [7, 11) is 1.76. The number of imidazole rings is 1. The molecule has 4 nitrogen and oxygen atoms in total. The molecule has 0 bridgehead atoms. The molecule has 0 saturated heterocycles. The number of aromatic amines is 1. The van der Waals surface area contributed by atoms with Crippen LogP contribution in [-0.4, -0.2) is 27.8 Å². The number of fused-ring (bicyclic) bond motifs is 1. The van der Waals surface area contributed by atoms with Crippen LogP contribution in [0.1, 0.15) is 12.7 Å². The molecule has 15 heavy (non-hydrogen) atoms. The van der Waals surface area contributed by atoms with E-state index in [2.05, 4.69) is 9.97 Å². The van der Waals surface area contributed by atoms with Gasteiger partial charge in [0.2, 0.25) is 5.91 Å². The highest BCUT2D eigenvalue weighted by atomic mass is 16.2. The highest BCUT2D eigenvalue weighted by molar-refractivity contribution is 5.75. The number of carbonyl (C=O) groups is 1. The van der Waals surface area contributed by atoms with E-state index in [4.69, 9.17) is 0 Å². The van der Waals surface area contributed by atoms with Gasteiger partial charge in [-0.05, 0) is 12.1 Å². The largest absolute Gasteiger partial charge is 0.340 e. The SMILES string of the molecule is CC(=O)N(C)Cc1nc2ccccc2[nH]1. The van der Waals surface area contributed by atoms with Gasteiger partial charge in [-0.25, -0.2) is 4.98 Å². The van der Waals surface area contributed by atoms with E-state index in [1.165, 1.54) is 0 Å². The Morgan fingerprint density at radius 3 is 2.87 bits per heavy atom. The summed E-state index contributed by atoms with van der Waals surface area (Å²) in [6, 6.07) is 7.82. The molecule has 0 atom stereocenters. The standard InChI is InChI=1S/C11H13N3O/c1-8(15)14(2)7-11-12-9-5-3-4-6-10(9)13-11/h3-6H,7H2,1-2H3,(H,12,13). The maximum Gasteiger partial charge on any atom is 0.219 e. The number of nitrogens with zero attached hydrogens (tertiary/aromatic N) is 2. The summed E-state index contributed by atoms with van der Waals surface area (Å²) in [5.74, 6) is 0.851. The highest BCUT2D eigenvalue weighted by Crippen LogP contribution is 2.11. The zero-order valence-electron chi connectivity index (χ0n) is 8.82. The van der Waals surface area contributed by atoms with Gasteiger partial charge in [0.1, 0.15) is 5.82 Å². The average molecular weight is 203 g/mol. The normalized spacial score (nSPS) is 10.5. The first-order valence-corrected chi connectivity index (χ1v) is 4.82. The van der Waals surface area contributed by atoms with Crippen LogP contribution in [0.4, 0.5) is 0 Å². The molecule has 0 radical (unpaired) electrons. The van der Waals surface area contributed by atoms with Crippen molar-refractivity contribution in [2.45, 2.75) is 13.5 Å². The molecule has 0 aliphatic carbocycles. The number of nitrogens with one attached hydrogen (secondary N) is 1. The molecule has 1 amide bonds. The Hall–Kier alpha value is -1.84. The second-order valence-electron chi connectivity index (χ2n) is 3.58. The minimum absolute atomic E-state index is 0.0375. The molecular weight excluding hydrogens is 190 g/mol. The van der Waals surface area contributed by atoms with E-state index in [-0.39, 0.29) is 5.91 Å². The van der Waals surface area contributed by atoms with Gasteiger partial charge in [0.15, 0.2) is 0 Å². The van der Waals surface area contributed by atoms with E-state index in [0.29, 0.717) is 6.54 Å². The minimum Gasteiger partial charge on any atom is -0.340 e. The third-order valence-electron chi connectivity index (χ3n) is 2.36. The van der Waals surface area contributed by atoms with Crippen LogP contribution in [0.5, 0.6) is 0 Å². The number of benzene rings is 1. The smallest absolute Gasteiger partial charge is 0.219 e. The van der Waals surface area contributed by atoms with Crippen molar-refractivity contribution in [3.63, 3.8) is 0 Å². The Bertz CT molecular complexity index is 456. The summed E-state index contributed by atoms with van der Waals surface area (Å²) in [6.07, 6.45) is 0. The number of para-hydroxylation sites is 2. The average Bonchev–Trinajstić information content (AvgIpc) is 2.59. The number of hydrogen-bond donors (Lipinski definition) is 1. The maximum absolute atomic E-state index is 11.0. The van der Waals surface area contributed by atoms with Gasteiger partial charge >= 0.3 is 0 Å². The van der Waals surface area contributed by atoms with Crippen LogP contribution in [0.3, 0.4) is 0 Å². The molecule has 0 spiro atoms. The van der Waals surface area contributed by atoms with Gasteiger partial charge < -0.3 is 9.88 Å². The fourth-order valence-corrected chi connectivity index (χ4v) is 1.42. The fraction of sp³-hybridized carbons (Fsp3) is 0.273. The number of H-pyrrole nitrogens is 1. The van der Waals surface area contributed by atoms with Gasteiger partial charge in [-0.3, -0.25) is 4.79 Å². The first-order valence-electron chi connectivity index (χ1n) is 4.82. The van der Waals surface area contributed by atoms with Crippen LogP contribution in [0, 0.1) is 0 Å². The Kier molecular flexibility index (Phi) is 2.41. The Labute approximate surface area is 87.9 Å². The van der Waals surface area contributed by atoms with Crippen LogP contribution in [-0.2, 0) is 11.3 Å². The molecule has 78 valence electrons. The fourth-order valence-electron chi connectivity index (χ4n) is 1.42. The molecule has 2 rings (SSSR count). The molecule has 2 aromatic rings. The van der Waals surface area contributed by atoms with Crippen molar-refractivity contribution < 1.29 is 4.79 Å². The molecule has 0 aliphatic rings. The van der Waals surface area contributed by atoms with Gasteiger partial charge in [0, 0.05) is 14.0 Å². The van der Waals surface area contributed by atoms with Crippen LogP contribution >= 0.6 is 0 Å². The lowest BCUT2D eigenvalue weighted by Crippen LogP contribution is -2.23. The molecular formula is C11H13N3O. The topological polar surface area (TPSA) is 49.0 Å². The van der Waals surface area contributed by atoms with Crippen molar-refractivity contribution in [2.24, 2.45) is 0 Å². The molecule has 4 heteroatoms. The molecule has 1 aromatic heterocycles. The Morgan fingerprint density at radius 1 is 1.47 bits per heavy atom. The lowest BCUT2D eigenvalue weighted by atomic mass is 10.3. The molecule has 0 fully saturated rings. The van der Waals surface area contributed by atoms with Gasteiger partial charge in [-0.15, -0.1) is 0 Å². The van der Waals surface area contributed by atoms with Gasteiger partial charge in [0.25, 0.3) is 0 Å². The van der Waals surface area contributed by atoms with Crippen LogP contribution in [0.2, 0.25) is 0 Å². The molecule has 1 aromatic carbocycles. The van der Waals surface area contributed by atoms with E-state index in [9.17, 15) is 4.79 Å². The van der Waals surface area contributed by atoms with Crippen LogP contribution in [0.15, 0.2) is 24.3 Å². The van der Waals surface area contributed by atoms with Crippen LogP contribution < -0.4 is 0 Å². The summed E-state index contributed by atoms with van der Waals surface area (Å²) in [4.78, 5) is 20.2. The summed E-state index contributed by atoms with van der Waals surface area (Å²) in [5, 5.41) is 0. The second-order valence-corrected chi connectivity index (χ2v) is 3.58. The van der Waals surface area contributed by atoms with E-state index in [1.54, 1.807) is 18.9 Å². The van der Waals surface area contributed by atoms with E-state index in [0.717, 1.165) is 16.9 Å². The lowest BCUT2D eigenvalue weighted by molar-refractivity contribution is -0.128. The van der Waals surface area contributed by atoms with Gasteiger partial charge in [0.05, 0.1) is 17.6 Å². The summed E-state index contributed by atoms with van der Waals surface area (Å²) < 4.78 is 0. The van der Waals surface area contributed by atoms with Gasteiger partial charge in [-0.1, -0.05) is 12.1 Å². The van der Waals surface area contributed by atoms with E-state index >= 15 is 0 Å². The molecule has 0 aliphatic heterocycles. The van der Waals surface area contributed by atoms with E-state index < -0.39 is 0 Å². The first kappa shape index (κ1) is 9.71. The molecule has 1 heterocycles. The predicted molar refractivity (Wildman–Crippen MR) is 58.2 cm³/mol. The third-order valence-corrected chi connectivity index (χ3v) is 2.36. The third kappa shape index (κ3) is 1.98. The molecule has 0 saturated carbocycles. The highest BCUT2D eigenvalue weighted by Gasteiger charge is 2.06. The lowest BCUT2D eigenvalue weighted by Gasteiger charge is -2.11. The van der Waals surface area contributed by atoms with Crippen molar-refractivity contribution in [3.8, 4) is 0 Å². The zero-order valence-corrected chi connectivity index (χ0v) is 8.82. The maximum atomic E-state index is 11.0. The summed E-state index contributed by atoms with van der Waals surface area (Å²) in [5.41, 5.74) is 1.94. The number of amides is 1. The number of rotatable bonds is 2. The van der Waals surface area contributed by atoms with Crippen molar-refractivity contribution in [2.75, 3.05) is 7.05 Å². The Balaban J connectivity index is 2.26. The van der Waals surface area contributed by atoms with Crippen molar-refractivity contribution >= 4 is 16.9 Å². The predicted octanol–water partition coefficient (Wildman–Crippen LogP) is 1.54. The minimum atomic E-state index is 0.0375. The number of carbonyl (C=O) groups excluding carboxylic acids is 1. The monoisotopic (exact) mass is 203 g/mol. The molecule has 1 N–H and O–H groups in total. The quantitative estimate of drug-likeness (QED) is 0.804. The first-order chi connectivity index (χ1) is 7.16. The number of hydrogen-bond acceptors (Lipinski definition) is 2. The van der Waals surface area contributed by atoms with Crippen molar-refractivity contribution in [1.29, 1.82) is 0 Å². The van der Waals surface area contributed by atoms with Crippen LogP contribution in [0.25, 0.3) is 11.0 Å².